The van der Waals surface area contributed by atoms with E-state index in [0.717, 1.165) is 6.54 Å². The van der Waals surface area contributed by atoms with Gasteiger partial charge in [0.15, 0.2) is 0 Å². The van der Waals surface area contributed by atoms with Gasteiger partial charge in [0.05, 0.1) is 0 Å². The van der Waals surface area contributed by atoms with E-state index < -0.39 is 0 Å². The Kier molecular flexibility index (Phi) is 14.3. The van der Waals surface area contributed by atoms with Gasteiger partial charge in [-0.05, 0) is 60.2 Å². The van der Waals surface area contributed by atoms with Crippen molar-refractivity contribution in [2.75, 3.05) is 47.3 Å². The average molecular weight is 345 g/mol. The number of halogens is 1. The summed E-state index contributed by atoms with van der Waals surface area (Å²) < 4.78 is 0. The van der Waals surface area contributed by atoms with E-state index >= 15 is 0 Å². The first-order chi connectivity index (χ1) is 7.02. The molecule has 0 aromatic heterocycles. The first kappa shape index (κ1) is 19.0. The fourth-order valence-electron chi connectivity index (χ4n) is 1.51. The van der Waals surface area contributed by atoms with Gasteiger partial charge in [0.1, 0.15) is 0 Å². The second-order valence-corrected chi connectivity index (χ2v) is 4.92. The molecule has 0 heterocycles. The number of hydrogen-bond acceptors (Lipinski definition) is 3. The predicted octanol–water partition coefficient (Wildman–Crippen LogP) is 2.12. The summed E-state index contributed by atoms with van der Waals surface area (Å²) in [6, 6.07) is 0.615. The van der Waals surface area contributed by atoms with Gasteiger partial charge in [0.25, 0.3) is 0 Å². The summed E-state index contributed by atoms with van der Waals surface area (Å²) in [5.41, 5.74) is 0. The Morgan fingerprint density at radius 2 is 1.56 bits per heavy atom. The van der Waals surface area contributed by atoms with Crippen molar-refractivity contribution in [1.82, 2.24) is 15.1 Å². The molecular formula is C12H32IN3. The van der Waals surface area contributed by atoms with Crippen LogP contribution in [0.25, 0.3) is 0 Å². The van der Waals surface area contributed by atoms with Crippen LogP contribution in [0.15, 0.2) is 0 Å². The molecule has 0 bridgehead atoms. The van der Waals surface area contributed by atoms with Gasteiger partial charge in [-0.25, -0.2) is 0 Å². The van der Waals surface area contributed by atoms with E-state index in [1.54, 1.807) is 0 Å². The van der Waals surface area contributed by atoms with Crippen LogP contribution in [0.2, 0.25) is 0 Å². The zero-order valence-electron chi connectivity index (χ0n) is 11.6. The van der Waals surface area contributed by atoms with Crippen LogP contribution < -0.4 is 5.32 Å². The third kappa shape index (κ3) is 14.6. The minimum Gasteiger partial charge on any atom is -0.314 e. The number of nitrogens with one attached hydrogen (secondary N) is 1. The molecular weight excluding hydrogens is 313 g/mol. The fraction of sp³-hybridized carbons (Fsp3) is 1.00. The van der Waals surface area contributed by atoms with Crippen molar-refractivity contribution in [3.05, 3.63) is 0 Å². The van der Waals surface area contributed by atoms with E-state index in [0.29, 0.717) is 6.04 Å². The average Bonchev–Trinajstić information content (AvgIpc) is 2.11. The summed E-state index contributed by atoms with van der Waals surface area (Å²) in [6.45, 7) is 9.12. The Bertz CT molecular complexity index is 146. The van der Waals surface area contributed by atoms with E-state index in [1.165, 1.54) is 32.5 Å². The van der Waals surface area contributed by atoms with Gasteiger partial charge in [0.2, 0.25) is 0 Å². The zero-order chi connectivity index (χ0) is 11.7. The Labute approximate surface area is 120 Å². The molecule has 0 aromatic rings. The Hall–Kier alpha value is 0.610. The van der Waals surface area contributed by atoms with E-state index in [2.05, 4.69) is 50.1 Å². The minimum absolute atomic E-state index is 0. The molecule has 0 rings (SSSR count). The van der Waals surface area contributed by atoms with Crippen LogP contribution in [-0.2, 0) is 0 Å². The van der Waals surface area contributed by atoms with Crippen molar-refractivity contribution in [3.8, 4) is 0 Å². The van der Waals surface area contributed by atoms with Crippen LogP contribution in [0.1, 0.15) is 28.1 Å². The van der Waals surface area contributed by atoms with Crippen molar-refractivity contribution in [2.45, 2.75) is 32.7 Å². The molecule has 102 valence electrons. The summed E-state index contributed by atoms with van der Waals surface area (Å²) in [7, 11) is 6.48. The lowest BCUT2D eigenvalue weighted by atomic mass is 10.3. The highest BCUT2D eigenvalue weighted by Crippen LogP contribution is 1.91. The summed E-state index contributed by atoms with van der Waals surface area (Å²) in [5, 5.41) is 3.44. The Balaban J connectivity index is -0.000000980. The maximum atomic E-state index is 3.44. The molecule has 0 fully saturated rings. The van der Waals surface area contributed by atoms with E-state index in [-0.39, 0.29) is 25.4 Å². The lowest BCUT2D eigenvalue weighted by molar-refractivity contribution is 0.295. The highest BCUT2D eigenvalue weighted by Gasteiger charge is 1.99. The molecule has 0 aliphatic rings. The molecule has 1 N–H and O–H groups in total. The minimum atomic E-state index is 0. The second-order valence-electron chi connectivity index (χ2n) is 4.92. The van der Waals surface area contributed by atoms with E-state index in [1.807, 2.05) is 0 Å². The molecule has 0 aromatic carbocycles. The van der Waals surface area contributed by atoms with Crippen LogP contribution in [0.4, 0.5) is 0 Å². The topological polar surface area (TPSA) is 18.5 Å². The summed E-state index contributed by atoms with van der Waals surface area (Å²) in [6.07, 6.45) is 2.51. The number of rotatable bonds is 9. The standard InChI is InChI=1S/C12H29N3.HI.H2/c1-12(2)13-8-6-10-15(5)11-7-9-14(3)4;;/h12-13H,6-11H2,1-5H3;2*1H. The maximum absolute atomic E-state index is 3.44. The first-order valence-electron chi connectivity index (χ1n) is 6.09. The lowest BCUT2D eigenvalue weighted by Gasteiger charge is -2.18. The maximum Gasteiger partial charge on any atom is 0.00103 e. The molecule has 3 nitrogen and oxygen atoms in total. The molecule has 0 atom stereocenters. The van der Waals surface area contributed by atoms with Gasteiger partial charge in [-0.15, -0.1) is 24.0 Å². The SMILES string of the molecule is CC(C)NCCCN(C)CCCN(C)C.I.[HH]. The smallest absolute Gasteiger partial charge is 0.00103 e. The summed E-state index contributed by atoms with van der Waals surface area (Å²) >= 11 is 0. The molecule has 16 heavy (non-hydrogen) atoms. The first-order valence-corrected chi connectivity index (χ1v) is 6.09. The molecule has 0 amide bonds. The Morgan fingerprint density at radius 1 is 1.00 bits per heavy atom. The lowest BCUT2D eigenvalue weighted by Crippen LogP contribution is -2.29. The third-order valence-corrected chi connectivity index (χ3v) is 2.41. The Morgan fingerprint density at radius 3 is 2.06 bits per heavy atom. The third-order valence-electron chi connectivity index (χ3n) is 2.41. The summed E-state index contributed by atoms with van der Waals surface area (Å²) in [5.74, 6) is 0. The highest BCUT2D eigenvalue weighted by molar-refractivity contribution is 14.0. The van der Waals surface area contributed by atoms with Crippen LogP contribution in [0.3, 0.4) is 0 Å². The van der Waals surface area contributed by atoms with Gasteiger partial charge in [-0.3, -0.25) is 0 Å². The monoisotopic (exact) mass is 345 g/mol. The van der Waals surface area contributed by atoms with Crippen LogP contribution >= 0.6 is 24.0 Å². The van der Waals surface area contributed by atoms with E-state index in [9.17, 15) is 0 Å². The number of hydrogen-bond donors (Lipinski definition) is 1. The predicted molar refractivity (Wildman–Crippen MR) is 86.0 cm³/mol. The summed E-state index contributed by atoms with van der Waals surface area (Å²) in [4.78, 5) is 4.67. The van der Waals surface area contributed by atoms with Crippen molar-refractivity contribution >= 4 is 24.0 Å². The molecule has 4 heteroatoms. The van der Waals surface area contributed by atoms with Gasteiger partial charge in [-0.2, -0.15) is 0 Å². The van der Waals surface area contributed by atoms with Crippen LogP contribution in [0.5, 0.6) is 0 Å². The molecule has 0 aliphatic heterocycles. The van der Waals surface area contributed by atoms with Gasteiger partial charge in [0, 0.05) is 7.47 Å². The van der Waals surface area contributed by atoms with Gasteiger partial charge < -0.3 is 15.1 Å². The molecule has 0 aliphatic carbocycles. The van der Waals surface area contributed by atoms with Gasteiger partial charge in [-0.1, -0.05) is 13.8 Å². The molecule has 0 saturated carbocycles. The second kappa shape index (κ2) is 12.1. The normalized spacial score (nSPS) is 11.2. The molecule has 0 saturated heterocycles. The molecule has 0 spiro atoms. The largest absolute Gasteiger partial charge is 0.314 e. The highest BCUT2D eigenvalue weighted by atomic mass is 127. The van der Waals surface area contributed by atoms with Crippen LogP contribution in [-0.4, -0.2) is 63.2 Å². The van der Waals surface area contributed by atoms with Crippen molar-refractivity contribution in [2.24, 2.45) is 0 Å². The van der Waals surface area contributed by atoms with Crippen molar-refractivity contribution in [1.29, 1.82) is 0 Å². The molecule has 0 radical (unpaired) electrons. The van der Waals surface area contributed by atoms with Gasteiger partial charge >= 0.3 is 0 Å². The fourth-order valence-corrected chi connectivity index (χ4v) is 1.51. The van der Waals surface area contributed by atoms with Crippen molar-refractivity contribution in [3.63, 3.8) is 0 Å². The van der Waals surface area contributed by atoms with Crippen molar-refractivity contribution < 1.29 is 1.43 Å². The van der Waals surface area contributed by atoms with E-state index in [4.69, 9.17) is 0 Å². The number of nitrogens with zero attached hydrogens (tertiary/aromatic N) is 2. The quantitative estimate of drug-likeness (QED) is 0.510. The zero-order valence-corrected chi connectivity index (χ0v) is 14.0. The van der Waals surface area contributed by atoms with Crippen LogP contribution in [0, 0.1) is 0 Å². The molecule has 0 unspecified atom stereocenters.